The number of nitrogens with zero attached hydrogens (tertiary/aromatic N) is 1. The van der Waals surface area contributed by atoms with E-state index in [0.717, 1.165) is 16.6 Å². The van der Waals surface area contributed by atoms with Crippen molar-refractivity contribution < 1.29 is 5.11 Å². The standard InChI is InChI=1S/C15H22BrNO/c1-3-13-6-4-5-9-17(13)15-8-7-12(11(2)18)10-14(15)16/h7-8,10-11,13,18H,3-6,9H2,1-2H3. The molecule has 0 amide bonds. The van der Waals surface area contributed by atoms with Gasteiger partial charge in [0.25, 0.3) is 0 Å². The van der Waals surface area contributed by atoms with Crippen molar-refractivity contribution in [3.05, 3.63) is 28.2 Å². The maximum Gasteiger partial charge on any atom is 0.0762 e. The SMILES string of the molecule is CCC1CCCCN1c1ccc(C(C)O)cc1Br. The van der Waals surface area contributed by atoms with Gasteiger partial charge in [0, 0.05) is 17.1 Å². The predicted molar refractivity (Wildman–Crippen MR) is 80.1 cm³/mol. The average Bonchev–Trinajstić information content (AvgIpc) is 2.38. The summed E-state index contributed by atoms with van der Waals surface area (Å²) in [6.07, 6.45) is 4.71. The molecule has 1 aliphatic heterocycles. The molecule has 0 aliphatic carbocycles. The van der Waals surface area contributed by atoms with Crippen LogP contribution in [0.4, 0.5) is 5.69 Å². The zero-order valence-electron chi connectivity index (χ0n) is 11.2. The van der Waals surface area contributed by atoms with Gasteiger partial charge in [0.2, 0.25) is 0 Å². The van der Waals surface area contributed by atoms with Gasteiger partial charge in [0.15, 0.2) is 0 Å². The van der Waals surface area contributed by atoms with Crippen LogP contribution >= 0.6 is 15.9 Å². The van der Waals surface area contributed by atoms with Gasteiger partial charge in [-0.2, -0.15) is 0 Å². The van der Waals surface area contributed by atoms with Gasteiger partial charge < -0.3 is 10.0 Å². The molecular weight excluding hydrogens is 290 g/mol. The quantitative estimate of drug-likeness (QED) is 0.901. The van der Waals surface area contributed by atoms with E-state index >= 15 is 0 Å². The Morgan fingerprint density at radius 3 is 2.83 bits per heavy atom. The Morgan fingerprint density at radius 1 is 1.44 bits per heavy atom. The molecule has 1 aromatic carbocycles. The lowest BCUT2D eigenvalue weighted by molar-refractivity contribution is 0.199. The second kappa shape index (κ2) is 6.07. The van der Waals surface area contributed by atoms with E-state index in [0.29, 0.717) is 6.04 Å². The van der Waals surface area contributed by atoms with Gasteiger partial charge >= 0.3 is 0 Å². The van der Waals surface area contributed by atoms with Gasteiger partial charge in [-0.25, -0.2) is 0 Å². The van der Waals surface area contributed by atoms with Crippen molar-refractivity contribution in [2.45, 2.75) is 51.7 Å². The smallest absolute Gasteiger partial charge is 0.0762 e. The van der Waals surface area contributed by atoms with Crippen molar-refractivity contribution in [2.75, 3.05) is 11.4 Å². The number of aliphatic hydroxyl groups excluding tert-OH is 1. The van der Waals surface area contributed by atoms with Gasteiger partial charge in [-0.05, 0) is 66.2 Å². The maximum absolute atomic E-state index is 9.61. The monoisotopic (exact) mass is 311 g/mol. The topological polar surface area (TPSA) is 23.5 Å². The van der Waals surface area contributed by atoms with Crippen molar-refractivity contribution in [3.8, 4) is 0 Å². The molecule has 1 fully saturated rings. The summed E-state index contributed by atoms with van der Waals surface area (Å²) in [7, 11) is 0. The fraction of sp³-hybridized carbons (Fsp3) is 0.600. The summed E-state index contributed by atoms with van der Waals surface area (Å²) in [6, 6.07) is 6.88. The van der Waals surface area contributed by atoms with Crippen LogP contribution in [-0.2, 0) is 0 Å². The summed E-state index contributed by atoms with van der Waals surface area (Å²) >= 11 is 3.65. The highest BCUT2D eigenvalue weighted by Crippen LogP contribution is 2.34. The van der Waals surface area contributed by atoms with Crippen molar-refractivity contribution in [1.29, 1.82) is 0 Å². The highest BCUT2D eigenvalue weighted by atomic mass is 79.9. The number of anilines is 1. The maximum atomic E-state index is 9.61. The molecule has 1 heterocycles. The zero-order valence-corrected chi connectivity index (χ0v) is 12.8. The third kappa shape index (κ3) is 2.89. The molecular formula is C15H22BrNO. The van der Waals surface area contributed by atoms with Gasteiger partial charge in [0.1, 0.15) is 0 Å². The first-order valence-electron chi connectivity index (χ1n) is 6.87. The Bertz CT molecular complexity index is 405. The van der Waals surface area contributed by atoms with E-state index in [1.165, 1.54) is 31.4 Å². The molecule has 2 nitrogen and oxygen atoms in total. The fourth-order valence-electron chi connectivity index (χ4n) is 2.76. The molecule has 1 aromatic rings. The minimum atomic E-state index is -0.404. The minimum Gasteiger partial charge on any atom is -0.389 e. The summed E-state index contributed by atoms with van der Waals surface area (Å²) < 4.78 is 1.10. The number of hydrogen-bond acceptors (Lipinski definition) is 2. The van der Waals surface area contributed by atoms with Crippen LogP contribution in [0.5, 0.6) is 0 Å². The number of benzene rings is 1. The van der Waals surface area contributed by atoms with Crippen LogP contribution in [0.2, 0.25) is 0 Å². The van der Waals surface area contributed by atoms with Crippen molar-refractivity contribution in [3.63, 3.8) is 0 Å². The number of aliphatic hydroxyl groups is 1. The van der Waals surface area contributed by atoms with Gasteiger partial charge in [-0.15, -0.1) is 0 Å². The lowest BCUT2D eigenvalue weighted by Crippen LogP contribution is -2.39. The molecule has 0 spiro atoms. The molecule has 2 atom stereocenters. The Labute approximate surface area is 118 Å². The van der Waals surface area contributed by atoms with Crippen molar-refractivity contribution >= 4 is 21.6 Å². The summed E-state index contributed by atoms with van der Waals surface area (Å²) in [5.74, 6) is 0. The van der Waals surface area contributed by atoms with Gasteiger partial charge in [-0.1, -0.05) is 13.0 Å². The number of rotatable bonds is 3. The molecule has 2 unspecified atom stereocenters. The van der Waals surface area contributed by atoms with Crippen LogP contribution in [-0.4, -0.2) is 17.7 Å². The minimum absolute atomic E-state index is 0.404. The number of hydrogen-bond donors (Lipinski definition) is 1. The van der Waals surface area contributed by atoms with Gasteiger partial charge in [-0.3, -0.25) is 0 Å². The Morgan fingerprint density at radius 2 is 2.22 bits per heavy atom. The van der Waals surface area contributed by atoms with Crippen molar-refractivity contribution in [1.82, 2.24) is 0 Å². The van der Waals surface area contributed by atoms with E-state index < -0.39 is 6.10 Å². The second-order valence-electron chi connectivity index (χ2n) is 5.14. The summed E-state index contributed by atoms with van der Waals surface area (Å²) in [6.45, 7) is 5.21. The Kier molecular flexibility index (Phi) is 4.68. The highest BCUT2D eigenvalue weighted by molar-refractivity contribution is 9.10. The van der Waals surface area contributed by atoms with E-state index in [2.05, 4.69) is 33.8 Å². The van der Waals surface area contributed by atoms with E-state index in [1.54, 1.807) is 6.92 Å². The van der Waals surface area contributed by atoms with Crippen LogP contribution in [0, 0.1) is 0 Å². The molecule has 0 saturated carbocycles. The Balaban J connectivity index is 2.26. The van der Waals surface area contributed by atoms with Crippen LogP contribution in [0.3, 0.4) is 0 Å². The third-order valence-corrected chi connectivity index (χ3v) is 4.50. The number of halogens is 1. The summed E-state index contributed by atoms with van der Waals surface area (Å²) in [5.41, 5.74) is 2.24. The van der Waals surface area contributed by atoms with E-state index in [1.807, 2.05) is 12.1 Å². The highest BCUT2D eigenvalue weighted by Gasteiger charge is 2.22. The van der Waals surface area contributed by atoms with Crippen LogP contribution in [0.1, 0.15) is 51.2 Å². The first-order valence-corrected chi connectivity index (χ1v) is 7.67. The normalized spacial score (nSPS) is 22.0. The van der Waals surface area contributed by atoms with Gasteiger partial charge in [0.05, 0.1) is 11.8 Å². The van der Waals surface area contributed by atoms with E-state index in [9.17, 15) is 5.11 Å². The first-order chi connectivity index (χ1) is 8.63. The summed E-state index contributed by atoms with van der Waals surface area (Å²) in [4.78, 5) is 2.51. The van der Waals surface area contributed by atoms with Crippen LogP contribution in [0.25, 0.3) is 0 Å². The lowest BCUT2D eigenvalue weighted by Gasteiger charge is -2.38. The fourth-order valence-corrected chi connectivity index (χ4v) is 3.38. The van der Waals surface area contributed by atoms with E-state index in [4.69, 9.17) is 0 Å². The largest absolute Gasteiger partial charge is 0.389 e. The van der Waals surface area contributed by atoms with E-state index in [-0.39, 0.29) is 0 Å². The third-order valence-electron chi connectivity index (χ3n) is 3.86. The first kappa shape index (κ1) is 13.9. The second-order valence-corrected chi connectivity index (χ2v) is 5.99. The van der Waals surface area contributed by atoms with Crippen molar-refractivity contribution in [2.24, 2.45) is 0 Å². The molecule has 3 heteroatoms. The molecule has 2 rings (SSSR count). The predicted octanol–water partition coefficient (Wildman–Crippen LogP) is 4.27. The average molecular weight is 312 g/mol. The summed E-state index contributed by atoms with van der Waals surface area (Å²) in [5, 5.41) is 9.61. The Hall–Kier alpha value is -0.540. The molecule has 100 valence electrons. The molecule has 0 bridgehead atoms. The molecule has 0 aromatic heterocycles. The molecule has 1 aliphatic rings. The van der Waals surface area contributed by atoms with Crippen LogP contribution in [0.15, 0.2) is 22.7 Å². The lowest BCUT2D eigenvalue weighted by atomic mass is 9.98. The zero-order chi connectivity index (χ0) is 13.1. The molecule has 0 radical (unpaired) electrons. The molecule has 1 saturated heterocycles. The molecule has 18 heavy (non-hydrogen) atoms. The molecule has 1 N–H and O–H groups in total. The van der Waals surface area contributed by atoms with Crippen LogP contribution < -0.4 is 4.90 Å². The number of piperidine rings is 1.